The number of carboxylic acids is 1. The summed E-state index contributed by atoms with van der Waals surface area (Å²) < 4.78 is 0. The van der Waals surface area contributed by atoms with Crippen LogP contribution < -0.4 is 10.6 Å². The number of hydrogen-bond donors (Lipinski definition) is 3. The monoisotopic (exact) mass is 322 g/mol. The molecular weight excluding hydrogens is 300 g/mol. The van der Waals surface area contributed by atoms with Crippen LogP contribution in [0.4, 0.5) is 4.79 Å². The number of carbonyl (C=O) groups excluding carboxylic acids is 1. The molecule has 2 unspecified atom stereocenters. The Bertz CT molecular complexity index is 536. The zero-order valence-electron chi connectivity index (χ0n) is 12.7. The fraction of sp³-hybridized carbons (Fsp3) is 0.500. The first-order valence-corrected chi connectivity index (χ1v) is 8.87. The summed E-state index contributed by atoms with van der Waals surface area (Å²) in [5, 5.41) is 14.6. The molecule has 0 spiro atoms. The van der Waals surface area contributed by atoms with Crippen molar-refractivity contribution in [3.63, 3.8) is 0 Å². The van der Waals surface area contributed by atoms with Gasteiger partial charge in [0.25, 0.3) is 0 Å². The highest BCUT2D eigenvalue weighted by molar-refractivity contribution is 7.98. The summed E-state index contributed by atoms with van der Waals surface area (Å²) in [6, 6.07) is 6.79. The second kappa shape index (κ2) is 8.08. The molecule has 2 amide bonds. The van der Waals surface area contributed by atoms with Crippen LogP contribution in [0.3, 0.4) is 0 Å². The number of carbonyl (C=O) groups is 2. The molecule has 5 nitrogen and oxygen atoms in total. The molecule has 0 aliphatic heterocycles. The number of fused-ring (bicyclic) bond motifs is 1. The van der Waals surface area contributed by atoms with Crippen molar-refractivity contribution in [2.45, 2.75) is 37.8 Å². The zero-order chi connectivity index (χ0) is 15.9. The minimum absolute atomic E-state index is 0.0417. The van der Waals surface area contributed by atoms with E-state index < -0.39 is 18.0 Å². The number of nitrogens with one attached hydrogen (secondary N) is 2. The molecular formula is C16H22N2O3S. The van der Waals surface area contributed by atoms with Crippen LogP contribution in [0, 0.1) is 0 Å². The number of aliphatic carboxylic acids is 1. The van der Waals surface area contributed by atoms with Crippen molar-refractivity contribution in [3.05, 3.63) is 35.4 Å². The van der Waals surface area contributed by atoms with Gasteiger partial charge in [0.1, 0.15) is 6.04 Å². The van der Waals surface area contributed by atoms with E-state index in [1.807, 2.05) is 24.5 Å². The van der Waals surface area contributed by atoms with Crippen molar-refractivity contribution in [2.75, 3.05) is 12.0 Å². The van der Waals surface area contributed by atoms with Gasteiger partial charge in [0.15, 0.2) is 0 Å². The van der Waals surface area contributed by atoms with Crippen molar-refractivity contribution in [1.29, 1.82) is 0 Å². The Kier molecular flexibility index (Phi) is 6.12. The fourth-order valence-electron chi connectivity index (χ4n) is 2.76. The van der Waals surface area contributed by atoms with Gasteiger partial charge in [-0.05, 0) is 48.8 Å². The number of rotatable bonds is 6. The Balaban J connectivity index is 1.96. The summed E-state index contributed by atoms with van der Waals surface area (Å²) in [4.78, 5) is 23.3. The van der Waals surface area contributed by atoms with Crippen LogP contribution in [-0.4, -0.2) is 35.2 Å². The number of benzene rings is 1. The van der Waals surface area contributed by atoms with Crippen molar-refractivity contribution in [2.24, 2.45) is 0 Å². The van der Waals surface area contributed by atoms with Gasteiger partial charge in [-0.2, -0.15) is 11.8 Å². The van der Waals surface area contributed by atoms with Gasteiger partial charge in [0.2, 0.25) is 0 Å². The van der Waals surface area contributed by atoms with Crippen LogP contribution in [0.1, 0.15) is 36.4 Å². The molecule has 0 saturated carbocycles. The molecule has 0 aromatic heterocycles. The fourth-order valence-corrected chi connectivity index (χ4v) is 3.23. The average molecular weight is 322 g/mol. The number of amides is 2. The van der Waals surface area contributed by atoms with Gasteiger partial charge in [0, 0.05) is 0 Å². The molecule has 0 bridgehead atoms. The summed E-state index contributed by atoms with van der Waals surface area (Å²) >= 11 is 1.57. The van der Waals surface area contributed by atoms with Crippen LogP contribution in [-0.2, 0) is 11.2 Å². The summed E-state index contributed by atoms with van der Waals surface area (Å²) in [5.74, 6) is -0.294. The third-order valence-corrected chi connectivity index (χ3v) is 4.53. The average Bonchev–Trinajstić information content (AvgIpc) is 2.51. The standard InChI is InChI=1S/C16H22N2O3S/c1-22-10-9-14(15(19)20)18-16(21)17-13-8-4-6-11-5-2-3-7-12(11)13/h2-3,5,7,13-14H,4,6,8-10H2,1H3,(H,19,20)(H2,17,18,21). The second-order valence-corrected chi connectivity index (χ2v) is 6.42. The molecule has 1 aliphatic rings. The molecule has 2 rings (SSSR count). The Morgan fingerprint density at radius 1 is 1.41 bits per heavy atom. The molecule has 22 heavy (non-hydrogen) atoms. The number of urea groups is 1. The maximum absolute atomic E-state index is 12.1. The van der Waals surface area contributed by atoms with Crippen molar-refractivity contribution in [3.8, 4) is 0 Å². The summed E-state index contributed by atoms with van der Waals surface area (Å²) in [6.45, 7) is 0. The van der Waals surface area contributed by atoms with Crippen molar-refractivity contribution < 1.29 is 14.7 Å². The minimum Gasteiger partial charge on any atom is -0.480 e. The topological polar surface area (TPSA) is 78.4 Å². The lowest BCUT2D eigenvalue weighted by atomic mass is 9.88. The van der Waals surface area contributed by atoms with E-state index in [-0.39, 0.29) is 6.04 Å². The maximum atomic E-state index is 12.1. The largest absolute Gasteiger partial charge is 0.480 e. The minimum atomic E-state index is -0.992. The Labute approximate surface area is 134 Å². The van der Waals surface area contributed by atoms with E-state index in [2.05, 4.69) is 16.7 Å². The second-order valence-electron chi connectivity index (χ2n) is 5.43. The molecule has 3 N–H and O–H groups in total. The van der Waals surface area contributed by atoms with Crippen molar-refractivity contribution in [1.82, 2.24) is 10.6 Å². The Morgan fingerprint density at radius 2 is 2.18 bits per heavy atom. The summed E-state index contributed by atoms with van der Waals surface area (Å²) in [7, 11) is 0. The molecule has 6 heteroatoms. The van der Waals surface area contributed by atoms with E-state index in [1.54, 1.807) is 11.8 Å². The number of thioether (sulfide) groups is 1. The summed E-state index contributed by atoms with van der Waals surface area (Å²) in [5.41, 5.74) is 2.40. The quantitative estimate of drug-likeness (QED) is 0.752. The molecule has 1 aliphatic carbocycles. The molecule has 0 radical (unpaired) electrons. The van der Waals surface area contributed by atoms with Crippen LogP contribution >= 0.6 is 11.8 Å². The van der Waals surface area contributed by atoms with Gasteiger partial charge in [-0.15, -0.1) is 0 Å². The normalized spacial score (nSPS) is 18.1. The van der Waals surface area contributed by atoms with Gasteiger partial charge < -0.3 is 15.7 Å². The highest BCUT2D eigenvalue weighted by atomic mass is 32.2. The van der Waals surface area contributed by atoms with Crippen LogP contribution in [0.2, 0.25) is 0 Å². The van der Waals surface area contributed by atoms with Crippen molar-refractivity contribution >= 4 is 23.8 Å². The first-order chi connectivity index (χ1) is 10.6. The maximum Gasteiger partial charge on any atom is 0.326 e. The van der Waals surface area contributed by atoms with Gasteiger partial charge in [0.05, 0.1) is 6.04 Å². The molecule has 0 heterocycles. The number of carboxylic acid groups (broad SMARTS) is 1. The van der Waals surface area contributed by atoms with Crippen LogP contribution in [0.25, 0.3) is 0 Å². The zero-order valence-corrected chi connectivity index (χ0v) is 13.5. The Hall–Kier alpha value is -1.69. The van der Waals surface area contributed by atoms with E-state index in [9.17, 15) is 9.59 Å². The Morgan fingerprint density at radius 3 is 2.91 bits per heavy atom. The van der Waals surface area contributed by atoms with Gasteiger partial charge in [-0.3, -0.25) is 0 Å². The van der Waals surface area contributed by atoms with E-state index >= 15 is 0 Å². The molecule has 1 aromatic rings. The lowest BCUT2D eigenvalue weighted by molar-refractivity contribution is -0.139. The highest BCUT2D eigenvalue weighted by Gasteiger charge is 2.24. The van der Waals surface area contributed by atoms with E-state index in [0.717, 1.165) is 24.8 Å². The van der Waals surface area contributed by atoms with Gasteiger partial charge in [-0.1, -0.05) is 24.3 Å². The van der Waals surface area contributed by atoms with Crippen LogP contribution in [0.15, 0.2) is 24.3 Å². The first kappa shape index (κ1) is 16.7. The number of aryl methyl sites for hydroxylation is 1. The predicted molar refractivity (Wildman–Crippen MR) is 88.2 cm³/mol. The molecule has 0 fully saturated rings. The third-order valence-electron chi connectivity index (χ3n) is 3.89. The lowest BCUT2D eigenvalue weighted by Crippen LogP contribution is -2.47. The molecule has 120 valence electrons. The van der Waals surface area contributed by atoms with E-state index in [0.29, 0.717) is 12.2 Å². The molecule has 0 saturated heterocycles. The highest BCUT2D eigenvalue weighted by Crippen LogP contribution is 2.29. The van der Waals surface area contributed by atoms with Gasteiger partial charge >= 0.3 is 12.0 Å². The summed E-state index contributed by atoms with van der Waals surface area (Å²) in [6.07, 6.45) is 5.27. The smallest absolute Gasteiger partial charge is 0.326 e. The molecule has 1 aromatic carbocycles. The molecule has 2 atom stereocenters. The predicted octanol–water partition coefficient (Wildman–Crippen LogP) is 2.57. The number of hydrogen-bond acceptors (Lipinski definition) is 3. The van der Waals surface area contributed by atoms with Gasteiger partial charge in [-0.25, -0.2) is 9.59 Å². The third kappa shape index (κ3) is 4.40. The SMILES string of the molecule is CSCCC(NC(=O)NC1CCCc2ccccc21)C(=O)O. The van der Waals surface area contributed by atoms with Crippen LogP contribution in [0.5, 0.6) is 0 Å². The van der Waals surface area contributed by atoms with E-state index in [1.165, 1.54) is 5.56 Å². The lowest BCUT2D eigenvalue weighted by Gasteiger charge is -2.27. The van der Waals surface area contributed by atoms with E-state index in [4.69, 9.17) is 5.11 Å². The first-order valence-electron chi connectivity index (χ1n) is 7.48.